The van der Waals surface area contributed by atoms with Crippen molar-refractivity contribution in [1.82, 2.24) is 0 Å². The summed E-state index contributed by atoms with van der Waals surface area (Å²) in [6.45, 7) is 0.744. The minimum Gasteiger partial charge on any atom is -0.497 e. The molecule has 0 saturated carbocycles. The fourth-order valence-corrected chi connectivity index (χ4v) is 2.18. The highest BCUT2D eigenvalue weighted by molar-refractivity contribution is 5.96. The summed E-state index contributed by atoms with van der Waals surface area (Å²) < 4.78 is 10.5. The monoisotopic (exact) mass is 284 g/mol. The van der Waals surface area contributed by atoms with E-state index in [1.807, 2.05) is 42.5 Å². The predicted molar refractivity (Wildman–Crippen MR) is 80.9 cm³/mol. The summed E-state index contributed by atoms with van der Waals surface area (Å²) in [5, 5.41) is 6.11. The first-order valence-electron chi connectivity index (χ1n) is 6.68. The first kappa shape index (κ1) is 13.3. The molecule has 0 unspecified atom stereocenters. The molecule has 0 fully saturated rings. The topological polar surface area (TPSA) is 59.6 Å². The minimum atomic E-state index is -0.132. The van der Waals surface area contributed by atoms with Crippen LogP contribution in [0.1, 0.15) is 5.56 Å². The number of carbonyl (C=O) groups is 1. The van der Waals surface area contributed by atoms with E-state index in [1.54, 1.807) is 7.11 Å². The van der Waals surface area contributed by atoms with Crippen LogP contribution in [0.3, 0.4) is 0 Å². The molecular weight excluding hydrogens is 268 g/mol. The van der Waals surface area contributed by atoms with Gasteiger partial charge in [0.2, 0.25) is 0 Å². The summed E-state index contributed by atoms with van der Waals surface area (Å²) >= 11 is 0. The number of benzene rings is 2. The van der Waals surface area contributed by atoms with Crippen molar-refractivity contribution >= 4 is 17.3 Å². The molecule has 3 rings (SSSR count). The fraction of sp³-hybridized carbons (Fsp3) is 0.188. The third-order valence-corrected chi connectivity index (χ3v) is 3.24. The van der Waals surface area contributed by atoms with Crippen LogP contribution in [0.25, 0.3) is 0 Å². The molecule has 0 radical (unpaired) electrons. The van der Waals surface area contributed by atoms with E-state index in [2.05, 4.69) is 10.6 Å². The molecule has 1 heterocycles. The van der Waals surface area contributed by atoms with Crippen molar-refractivity contribution < 1.29 is 14.3 Å². The van der Waals surface area contributed by atoms with E-state index < -0.39 is 0 Å². The zero-order valence-electron chi connectivity index (χ0n) is 11.7. The molecular formula is C16H16N2O3. The van der Waals surface area contributed by atoms with Gasteiger partial charge in [-0.25, -0.2) is 0 Å². The van der Waals surface area contributed by atoms with Gasteiger partial charge in [-0.3, -0.25) is 4.79 Å². The van der Waals surface area contributed by atoms with Crippen LogP contribution in [0.5, 0.6) is 11.5 Å². The van der Waals surface area contributed by atoms with Gasteiger partial charge >= 0.3 is 0 Å². The van der Waals surface area contributed by atoms with Crippen LogP contribution in [0, 0.1) is 0 Å². The first-order chi connectivity index (χ1) is 10.2. The van der Waals surface area contributed by atoms with Crippen molar-refractivity contribution in [2.24, 2.45) is 0 Å². The number of hydrogen-bond donors (Lipinski definition) is 2. The third-order valence-electron chi connectivity index (χ3n) is 3.24. The summed E-state index contributed by atoms with van der Waals surface area (Å²) in [4.78, 5) is 11.3. The second-order valence-electron chi connectivity index (χ2n) is 4.75. The standard InChI is InChI=1S/C16H16N2O3/c1-20-13-4-2-3-11(7-13)9-17-12-5-6-15-14(8-12)18-16(19)10-21-15/h2-8,17H,9-10H2,1H3,(H,18,19). The molecule has 0 spiro atoms. The van der Waals surface area contributed by atoms with Gasteiger partial charge in [0.25, 0.3) is 5.91 Å². The quantitative estimate of drug-likeness (QED) is 0.906. The highest BCUT2D eigenvalue weighted by Crippen LogP contribution is 2.30. The largest absolute Gasteiger partial charge is 0.497 e. The lowest BCUT2D eigenvalue weighted by molar-refractivity contribution is -0.118. The molecule has 0 aromatic heterocycles. The molecule has 0 bridgehead atoms. The van der Waals surface area contributed by atoms with Crippen molar-refractivity contribution in [1.29, 1.82) is 0 Å². The number of fused-ring (bicyclic) bond motifs is 1. The maximum Gasteiger partial charge on any atom is 0.262 e. The molecule has 5 heteroatoms. The van der Waals surface area contributed by atoms with E-state index in [9.17, 15) is 4.79 Å². The Bertz CT molecular complexity index is 670. The molecule has 21 heavy (non-hydrogen) atoms. The van der Waals surface area contributed by atoms with Crippen LogP contribution in [0.2, 0.25) is 0 Å². The zero-order valence-corrected chi connectivity index (χ0v) is 11.7. The summed E-state index contributed by atoms with van der Waals surface area (Å²) in [5.41, 5.74) is 2.73. The maximum atomic E-state index is 11.3. The number of amides is 1. The molecule has 0 saturated heterocycles. The number of methoxy groups -OCH3 is 1. The maximum absolute atomic E-state index is 11.3. The number of carbonyl (C=O) groups excluding carboxylic acids is 1. The highest BCUT2D eigenvalue weighted by Gasteiger charge is 2.15. The summed E-state index contributed by atoms with van der Waals surface area (Å²) in [7, 11) is 1.65. The van der Waals surface area contributed by atoms with Crippen molar-refractivity contribution in [3.8, 4) is 11.5 Å². The van der Waals surface area contributed by atoms with Gasteiger partial charge in [0.05, 0.1) is 12.8 Å². The second kappa shape index (κ2) is 5.75. The van der Waals surface area contributed by atoms with Crippen LogP contribution in [0.15, 0.2) is 42.5 Å². The SMILES string of the molecule is COc1cccc(CNc2ccc3c(c2)NC(=O)CO3)c1. The lowest BCUT2D eigenvalue weighted by atomic mass is 10.2. The van der Waals surface area contributed by atoms with Crippen molar-refractivity contribution in [2.75, 3.05) is 24.4 Å². The Hall–Kier alpha value is -2.69. The normalized spacial score (nSPS) is 12.9. The smallest absolute Gasteiger partial charge is 0.262 e. The van der Waals surface area contributed by atoms with Gasteiger partial charge in [-0.15, -0.1) is 0 Å². The molecule has 108 valence electrons. The Kier molecular flexibility index (Phi) is 3.64. The Morgan fingerprint density at radius 3 is 3.05 bits per heavy atom. The molecule has 1 amide bonds. The molecule has 1 aliphatic heterocycles. The average molecular weight is 284 g/mol. The van der Waals surface area contributed by atoms with Gasteiger partial charge in [0.15, 0.2) is 6.61 Å². The average Bonchev–Trinajstić information content (AvgIpc) is 2.52. The van der Waals surface area contributed by atoms with E-state index >= 15 is 0 Å². The second-order valence-corrected chi connectivity index (χ2v) is 4.75. The molecule has 0 atom stereocenters. The lowest BCUT2D eigenvalue weighted by Crippen LogP contribution is -2.25. The minimum absolute atomic E-state index is 0.0730. The highest BCUT2D eigenvalue weighted by atomic mass is 16.5. The molecule has 2 aromatic carbocycles. The summed E-state index contributed by atoms with van der Waals surface area (Å²) in [6.07, 6.45) is 0. The number of hydrogen-bond acceptors (Lipinski definition) is 4. The van der Waals surface area contributed by atoms with E-state index in [0.29, 0.717) is 18.0 Å². The van der Waals surface area contributed by atoms with Crippen LogP contribution in [0.4, 0.5) is 11.4 Å². The zero-order chi connectivity index (χ0) is 14.7. The van der Waals surface area contributed by atoms with Gasteiger partial charge < -0.3 is 20.1 Å². The Morgan fingerprint density at radius 1 is 1.29 bits per heavy atom. The first-order valence-corrected chi connectivity index (χ1v) is 6.68. The number of rotatable bonds is 4. The van der Waals surface area contributed by atoms with Crippen molar-refractivity contribution in [3.63, 3.8) is 0 Å². The lowest BCUT2D eigenvalue weighted by Gasteiger charge is -2.19. The van der Waals surface area contributed by atoms with Crippen LogP contribution >= 0.6 is 0 Å². The van der Waals surface area contributed by atoms with Gasteiger partial charge in [-0.05, 0) is 35.9 Å². The Labute approximate surface area is 122 Å². The molecule has 2 N–H and O–H groups in total. The Morgan fingerprint density at radius 2 is 2.19 bits per heavy atom. The van der Waals surface area contributed by atoms with E-state index in [4.69, 9.17) is 9.47 Å². The summed E-state index contributed by atoms with van der Waals surface area (Å²) in [6, 6.07) is 13.5. The number of nitrogens with one attached hydrogen (secondary N) is 2. The molecule has 0 aliphatic carbocycles. The number of anilines is 2. The van der Waals surface area contributed by atoms with E-state index in [1.165, 1.54) is 0 Å². The van der Waals surface area contributed by atoms with Crippen LogP contribution in [-0.2, 0) is 11.3 Å². The van der Waals surface area contributed by atoms with Crippen LogP contribution < -0.4 is 20.1 Å². The molecule has 1 aliphatic rings. The van der Waals surface area contributed by atoms with Gasteiger partial charge in [0, 0.05) is 12.2 Å². The molecule has 5 nitrogen and oxygen atoms in total. The third kappa shape index (κ3) is 3.08. The van der Waals surface area contributed by atoms with Gasteiger partial charge in [-0.2, -0.15) is 0 Å². The van der Waals surface area contributed by atoms with Gasteiger partial charge in [-0.1, -0.05) is 12.1 Å². The van der Waals surface area contributed by atoms with Crippen molar-refractivity contribution in [3.05, 3.63) is 48.0 Å². The summed E-state index contributed by atoms with van der Waals surface area (Å²) in [5.74, 6) is 1.40. The van der Waals surface area contributed by atoms with E-state index in [-0.39, 0.29) is 12.5 Å². The Balaban J connectivity index is 1.70. The molecule has 2 aromatic rings. The fourth-order valence-electron chi connectivity index (χ4n) is 2.18. The van der Waals surface area contributed by atoms with Crippen LogP contribution in [-0.4, -0.2) is 19.6 Å². The predicted octanol–water partition coefficient (Wildman–Crippen LogP) is 2.64. The van der Waals surface area contributed by atoms with E-state index in [0.717, 1.165) is 17.0 Å². The number of ether oxygens (including phenoxy) is 2. The van der Waals surface area contributed by atoms with Gasteiger partial charge in [0.1, 0.15) is 11.5 Å². The van der Waals surface area contributed by atoms with Crippen molar-refractivity contribution in [2.45, 2.75) is 6.54 Å².